The van der Waals surface area contributed by atoms with Gasteiger partial charge in [0, 0.05) is 11.1 Å². The summed E-state index contributed by atoms with van der Waals surface area (Å²) in [4.78, 5) is 36.4. The zero-order valence-electron chi connectivity index (χ0n) is 14.3. The van der Waals surface area contributed by atoms with Crippen molar-refractivity contribution >= 4 is 40.1 Å². The summed E-state index contributed by atoms with van der Waals surface area (Å²) in [6.07, 6.45) is -1.42. The van der Waals surface area contributed by atoms with E-state index < -0.39 is 46.5 Å². The first-order valence-corrected chi connectivity index (χ1v) is 8.33. The molecule has 0 fully saturated rings. The Labute approximate surface area is 161 Å². The summed E-state index contributed by atoms with van der Waals surface area (Å²) in [6.45, 7) is 1.20. The fourth-order valence-corrected chi connectivity index (χ4v) is 2.52. The SMILES string of the molecule is C[C@H](OC(=O)c1cc(=O)c2cc(Cl)ccc2o1)C(=O)Nc1c(F)cccc1F. The lowest BCUT2D eigenvalue weighted by Gasteiger charge is -2.14. The highest BCUT2D eigenvalue weighted by Crippen LogP contribution is 2.20. The fourth-order valence-electron chi connectivity index (χ4n) is 2.34. The van der Waals surface area contributed by atoms with Crippen LogP contribution in [0.3, 0.4) is 0 Å². The first kappa shape index (κ1) is 19.5. The molecule has 28 heavy (non-hydrogen) atoms. The average molecular weight is 408 g/mol. The molecule has 1 atom stereocenters. The molecule has 0 aliphatic carbocycles. The van der Waals surface area contributed by atoms with Gasteiger partial charge in [-0.2, -0.15) is 0 Å². The quantitative estimate of drug-likeness (QED) is 0.663. The van der Waals surface area contributed by atoms with E-state index >= 15 is 0 Å². The van der Waals surface area contributed by atoms with E-state index in [-0.39, 0.29) is 11.0 Å². The van der Waals surface area contributed by atoms with Crippen molar-refractivity contribution in [2.24, 2.45) is 0 Å². The minimum Gasteiger partial charge on any atom is -0.449 e. The Hall–Kier alpha value is -3.26. The summed E-state index contributed by atoms with van der Waals surface area (Å²) in [6, 6.07) is 8.24. The van der Waals surface area contributed by atoms with Gasteiger partial charge >= 0.3 is 5.97 Å². The van der Waals surface area contributed by atoms with Crippen LogP contribution >= 0.6 is 11.6 Å². The van der Waals surface area contributed by atoms with Crippen molar-refractivity contribution in [1.82, 2.24) is 0 Å². The lowest BCUT2D eigenvalue weighted by atomic mass is 10.2. The van der Waals surface area contributed by atoms with E-state index in [0.717, 1.165) is 24.3 Å². The number of para-hydroxylation sites is 1. The molecular formula is C19H12ClF2NO5. The van der Waals surface area contributed by atoms with Crippen LogP contribution in [0, 0.1) is 11.6 Å². The van der Waals surface area contributed by atoms with Gasteiger partial charge in [-0.05, 0) is 37.3 Å². The molecule has 1 amide bonds. The van der Waals surface area contributed by atoms with Crippen molar-refractivity contribution in [3.8, 4) is 0 Å². The molecule has 0 spiro atoms. The van der Waals surface area contributed by atoms with E-state index in [1.165, 1.54) is 25.1 Å². The highest BCUT2D eigenvalue weighted by Gasteiger charge is 2.23. The molecule has 144 valence electrons. The number of esters is 1. The van der Waals surface area contributed by atoms with Gasteiger partial charge in [-0.25, -0.2) is 13.6 Å². The maximum atomic E-state index is 13.6. The molecule has 0 aliphatic heterocycles. The van der Waals surface area contributed by atoms with E-state index in [1.54, 1.807) is 0 Å². The first-order chi connectivity index (χ1) is 13.3. The van der Waals surface area contributed by atoms with Crippen LogP contribution in [0.25, 0.3) is 11.0 Å². The van der Waals surface area contributed by atoms with E-state index in [0.29, 0.717) is 5.02 Å². The summed E-state index contributed by atoms with van der Waals surface area (Å²) < 4.78 is 37.4. The molecule has 1 aromatic heterocycles. The topological polar surface area (TPSA) is 85.6 Å². The molecule has 3 aromatic rings. The second kappa shape index (κ2) is 7.77. The highest BCUT2D eigenvalue weighted by molar-refractivity contribution is 6.31. The van der Waals surface area contributed by atoms with Crippen LogP contribution in [0.15, 0.2) is 51.7 Å². The van der Waals surface area contributed by atoms with Crippen LogP contribution in [-0.2, 0) is 9.53 Å². The Morgan fingerprint density at radius 1 is 1.14 bits per heavy atom. The minimum atomic E-state index is -1.42. The Bertz CT molecular complexity index is 1120. The molecule has 6 nitrogen and oxygen atoms in total. The largest absolute Gasteiger partial charge is 0.449 e. The number of hydrogen-bond acceptors (Lipinski definition) is 5. The molecule has 1 N–H and O–H groups in total. The molecule has 0 saturated heterocycles. The monoisotopic (exact) mass is 407 g/mol. The van der Waals surface area contributed by atoms with Crippen molar-refractivity contribution in [2.75, 3.05) is 5.32 Å². The third-order valence-corrected chi connectivity index (χ3v) is 3.99. The molecule has 0 unspecified atom stereocenters. The van der Waals surface area contributed by atoms with Gasteiger partial charge in [0.15, 0.2) is 11.5 Å². The van der Waals surface area contributed by atoms with Gasteiger partial charge in [0.1, 0.15) is 22.9 Å². The van der Waals surface area contributed by atoms with Crippen molar-refractivity contribution < 1.29 is 27.5 Å². The highest BCUT2D eigenvalue weighted by atomic mass is 35.5. The van der Waals surface area contributed by atoms with Crippen LogP contribution in [0.4, 0.5) is 14.5 Å². The van der Waals surface area contributed by atoms with Gasteiger partial charge in [-0.3, -0.25) is 9.59 Å². The summed E-state index contributed by atoms with van der Waals surface area (Å²) in [7, 11) is 0. The van der Waals surface area contributed by atoms with Gasteiger partial charge < -0.3 is 14.5 Å². The molecule has 3 rings (SSSR count). The molecule has 0 bridgehead atoms. The maximum absolute atomic E-state index is 13.6. The number of anilines is 1. The number of carbonyl (C=O) groups excluding carboxylic acids is 2. The normalized spacial score (nSPS) is 11.9. The number of ether oxygens (including phenoxy) is 1. The number of nitrogens with one attached hydrogen (secondary N) is 1. The zero-order valence-corrected chi connectivity index (χ0v) is 15.0. The lowest BCUT2D eigenvalue weighted by molar-refractivity contribution is -0.123. The molecule has 1 heterocycles. The Kier molecular flexibility index (Phi) is 5.41. The van der Waals surface area contributed by atoms with Crippen LogP contribution in [-0.4, -0.2) is 18.0 Å². The van der Waals surface area contributed by atoms with Crippen molar-refractivity contribution in [1.29, 1.82) is 0 Å². The first-order valence-electron chi connectivity index (χ1n) is 7.95. The second-order valence-corrected chi connectivity index (χ2v) is 6.19. The van der Waals surface area contributed by atoms with Gasteiger partial charge in [0.05, 0.1) is 5.39 Å². The molecule has 2 aromatic carbocycles. The summed E-state index contributed by atoms with van der Waals surface area (Å²) in [5.41, 5.74) is -1.08. The predicted octanol–water partition coefficient (Wildman–Crippen LogP) is 3.91. The van der Waals surface area contributed by atoms with Crippen molar-refractivity contribution in [2.45, 2.75) is 13.0 Å². The van der Waals surface area contributed by atoms with Crippen LogP contribution in [0.5, 0.6) is 0 Å². The Morgan fingerprint density at radius 3 is 2.50 bits per heavy atom. The third kappa shape index (κ3) is 4.01. The summed E-state index contributed by atoms with van der Waals surface area (Å²) >= 11 is 5.82. The Balaban J connectivity index is 1.77. The predicted molar refractivity (Wildman–Crippen MR) is 97.4 cm³/mol. The summed E-state index contributed by atoms with van der Waals surface area (Å²) in [5, 5.41) is 2.50. The number of hydrogen-bond donors (Lipinski definition) is 1. The minimum absolute atomic E-state index is 0.106. The van der Waals surface area contributed by atoms with Gasteiger partial charge in [0.2, 0.25) is 5.76 Å². The maximum Gasteiger partial charge on any atom is 0.375 e. The van der Waals surface area contributed by atoms with Crippen LogP contribution < -0.4 is 10.7 Å². The van der Waals surface area contributed by atoms with Gasteiger partial charge in [-0.15, -0.1) is 0 Å². The number of carbonyl (C=O) groups is 2. The van der Waals surface area contributed by atoms with Gasteiger partial charge in [-0.1, -0.05) is 17.7 Å². The number of benzene rings is 2. The number of halogens is 3. The third-order valence-electron chi connectivity index (χ3n) is 3.75. The number of rotatable bonds is 4. The Morgan fingerprint density at radius 2 is 1.82 bits per heavy atom. The number of fused-ring (bicyclic) bond motifs is 1. The smallest absolute Gasteiger partial charge is 0.375 e. The number of amides is 1. The second-order valence-electron chi connectivity index (χ2n) is 5.75. The lowest BCUT2D eigenvalue weighted by Crippen LogP contribution is -2.30. The van der Waals surface area contributed by atoms with E-state index in [4.69, 9.17) is 20.8 Å². The molecule has 9 heteroatoms. The van der Waals surface area contributed by atoms with Crippen molar-refractivity contribution in [3.63, 3.8) is 0 Å². The van der Waals surface area contributed by atoms with Crippen molar-refractivity contribution in [3.05, 3.63) is 75.1 Å². The van der Waals surface area contributed by atoms with Gasteiger partial charge in [0.25, 0.3) is 5.91 Å². The molecule has 0 aliphatic rings. The fraction of sp³-hybridized carbons (Fsp3) is 0.105. The average Bonchev–Trinajstić information content (AvgIpc) is 2.65. The molecule has 0 radical (unpaired) electrons. The molecular weight excluding hydrogens is 396 g/mol. The standard InChI is InChI=1S/C19H12ClF2NO5/c1-9(18(25)23-17-12(21)3-2-4-13(17)22)27-19(26)16-8-14(24)11-7-10(20)5-6-15(11)28-16/h2-9H,1H3,(H,23,25)/t9-/m0/s1. The van der Waals surface area contributed by atoms with Crippen LogP contribution in [0.2, 0.25) is 5.02 Å². The van der Waals surface area contributed by atoms with E-state index in [1.807, 2.05) is 5.32 Å². The van der Waals surface area contributed by atoms with E-state index in [2.05, 4.69) is 0 Å². The summed E-state index contributed by atoms with van der Waals surface area (Å²) in [5.74, 6) is -4.45. The zero-order chi connectivity index (χ0) is 20.4. The van der Waals surface area contributed by atoms with Crippen LogP contribution in [0.1, 0.15) is 17.5 Å². The van der Waals surface area contributed by atoms with E-state index in [9.17, 15) is 23.2 Å². The molecule has 0 saturated carbocycles.